The fraction of sp³-hybridized carbons (Fsp3) is 0.478. The number of sulfonamides is 1. The number of hydrogen-bond acceptors (Lipinski definition) is 5. The van der Waals surface area contributed by atoms with Crippen LogP contribution < -0.4 is 10.0 Å². The van der Waals surface area contributed by atoms with Gasteiger partial charge in [-0.05, 0) is 42.8 Å². The third-order valence-corrected chi connectivity index (χ3v) is 7.91. The molecule has 32 heavy (non-hydrogen) atoms. The van der Waals surface area contributed by atoms with Crippen LogP contribution in [0.2, 0.25) is 0 Å². The smallest absolute Gasteiger partial charge is 0.243 e. The van der Waals surface area contributed by atoms with Crippen molar-refractivity contribution < 1.29 is 18.0 Å². The molecule has 1 heterocycles. The first-order valence-corrected chi connectivity index (χ1v) is 13.4. The van der Waals surface area contributed by atoms with Crippen LogP contribution in [0.3, 0.4) is 0 Å². The van der Waals surface area contributed by atoms with Crippen molar-refractivity contribution >= 4 is 33.2 Å². The van der Waals surface area contributed by atoms with Gasteiger partial charge in [-0.3, -0.25) is 9.59 Å². The molecule has 1 aliphatic carbocycles. The van der Waals surface area contributed by atoms with E-state index in [9.17, 15) is 18.0 Å². The van der Waals surface area contributed by atoms with Crippen molar-refractivity contribution in [1.82, 2.24) is 14.9 Å². The Morgan fingerprint density at radius 3 is 2.47 bits per heavy atom. The Balaban J connectivity index is 1.76. The second-order valence-electron chi connectivity index (χ2n) is 8.03. The second kappa shape index (κ2) is 11.6. The van der Waals surface area contributed by atoms with Gasteiger partial charge in [0, 0.05) is 10.9 Å². The van der Waals surface area contributed by atoms with Crippen LogP contribution in [0.25, 0.3) is 0 Å². The van der Waals surface area contributed by atoms with Crippen molar-refractivity contribution in [2.24, 2.45) is 0 Å². The highest BCUT2D eigenvalue weighted by Crippen LogP contribution is 2.21. The molecule has 1 fully saturated rings. The van der Waals surface area contributed by atoms with Gasteiger partial charge >= 0.3 is 0 Å². The average Bonchev–Trinajstić information content (AvgIpc) is 3.49. The van der Waals surface area contributed by atoms with E-state index in [2.05, 4.69) is 10.0 Å². The number of carbonyl (C=O) groups is 2. The zero-order valence-corrected chi connectivity index (χ0v) is 20.0. The number of benzene rings is 1. The van der Waals surface area contributed by atoms with Gasteiger partial charge in [-0.2, -0.15) is 0 Å². The maximum atomic E-state index is 13.2. The summed E-state index contributed by atoms with van der Waals surface area (Å²) in [5.74, 6) is -0.576. The number of thiophene rings is 1. The zero-order valence-electron chi connectivity index (χ0n) is 18.3. The first-order valence-electron chi connectivity index (χ1n) is 11.1. The molecule has 1 aliphatic rings. The molecule has 1 saturated carbocycles. The molecule has 2 aromatic rings. The van der Waals surface area contributed by atoms with Gasteiger partial charge in [-0.25, -0.2) is 13.1 Å². The van der Waals surface area contributed by atoms with Gasteiger partial charge in [0.25, 0.3) is 0 Å². The number of nitrogens with one attached hydrogen (secondary N) is 2. The lowest BCUT2D eigenvalue weighted by molar-refractivity contribution is -0.141. The summed E-state index contributed by atoms with van der Waals surface area (Å²) in [5, 5.41) is 5.03. The second-order valence-corrected chi connectivity index (χ2v) is 10.8. The average molecular weight is 478 g/mol. The van der Waals surface area contributed by atoms with Crippen LogP contribution in [0, 0.1) is 0 Å². The summed E-state index contributed by atoms with van der Waals surface area (Å²) in [6.45, 7) is 1.84. The SMILES string of the molecule is CCC[C@H](C(=O)NC1CCCC1)N(Cc1cccs1)C(=O)CNS(=O)(=O)c1ccccc1. The Bertz CT molecular complexity index is 972. The Kier molecular flexibility index (Phi) is 8.84. The van der Waals surface area contributed by atoms with Gasteiger partial charge in [-0.1, -0.05) is 50.5 Å². The number of nitrogens with zero attached hydrogens (tertiary/aromatic N) is 1. The highest BCUT2D eigenvalue weighted by molar-refractivity contribution is 7.89. The van der Waals surface area contributed by atoms with E-state index in [1.807, 2.05) is 24.4 Å². The van der Waals surface area contributed by atoms with Crippen molar-refractivity contribution in [3.05, 3.63) is 52.7 Å². The van der Waals surface area contributed by atoms with Crippen LogP contribution in [0.15, 0.2) is 52.7 Å². The third kappa shape index (κ3) is 6.63. The van der Waals surface area contributed by atoms with Gasteiger partial charge in [0.15, 0.2) is 0 Å². The van der Waals surface area contributed by atoms with Crippen LogP contribution >= 0.6 is 11.3 Å². The van der Waals surface area contributed by atoms with Crippen LogP contribution in [0.5, 0.6) is 0 Å². The van der Waals surface area contributed by atoms with Crippen molar-refractivity contribution in [2.45, 2.75) is 69.0 Å². The van der Waals surface area contributed by atoms with E-state index < -0.39 is 28.5 Å². The largest absolute Gasteiger partial charge is 0.352 e. The Morgan fingerprint density at radius 1 is 1.12 bits per heavy atom. The Hall–Kier alpha value is -2.23. The molecule has 9 heteroatoms. The minimum atomic E-state index is -3.82. The summed E-state index contributed by atoms with van der Waals surface area (Å²) in [6.07, 6.45) is 5.36. The molecule has 0 bridgehead atoms. The Morgan fingerprint density at radius 2 is 1.84 bits per heavy atom. The third-order valence-electron chi connectivity index (χ3n) is 5.64. The fourth-order valence-electron chi connectivity index (χ4n) is 3.95. The molecule has 3 rings (SSSR count). The van der Waals surface area contributed by atoms with E-state index in [0.717, 1.165) is 37.0 Å². The standard InChI is InChI=1S/C23H31N3O4S2/c1-2-9-21(23(28)25-18-10-6-7-11-18)26(17-19-12-8-15-31-19)22(27)16-24-32(29,30)20-13-4-3-5-14-20/h3-5,8,12-15,18,21,24H,2,6-7,9-11,16-17H2,1H3,(H,25,28)/t21-/m1/s1. The highest BCUT2D eigenvalue weighted by atomic mass is 32.2. The van der Waals surface area contributed by atoms with E-state index in [-0.39, 0.29) is 23.4 Å². The fourth-order valence-corrected chi connectivity index (χ4v) is 5.65. The lowest BCUT2D eigenvalue weighted by Crippen LogP contribution is -2.53. The molecule has 0 aliphatic heterocycles. The number of rotatable bonds is 11. The summed E-state index contributed by atoms with van der Waals surface area (Å²) in [6, 6.07) is 11.3. The minimum Gasteiger partial charge on any atom is -0.352 e. The lowest BCUT2D eigenvalue weighted by atomic mass is 10.1. The van der Waals surface area contributed by atoms with E-state index in [1.54, 1.807) is 18.2 Å². The van der Waals surface area contributed by atoms with Gasteiger partial charge in [0.1, 0.15) is 6.04 Å². The predicted molar refractivity (Wildman–Crippen MR) is 126 cm³/mol. The lowest BCUT2D eigenvalue weighted by Gasteiger charge is -2.31. The van der Waals surface area contributed by atoms with Crippen molar-refractivity contribution in [1.29, 1.82) is 0 Å². The normalized spacial score (nSPS) is 15.4. The molecule has 0 radical (unpaired) electrons. The van der Waals surface area contributed by atoms with Crippen LogP contribution in [-0.2, 0) is 26.2 Å². The first-order chi connectivity index (χ1) is 15.4. The van der Waals surface area contributed by atoms with Crippen molar-refractivity contribution in [3.8, 4) is 0 Å². The maximum Gasteiger partial charge on any atom is 0.243 e. The maximum absolute atomic E-state index is 13.2. The summed E-state index contributed by atoms with van der Waals surface area (Å²) in [7, 11) is -3.82. The van der Waals surface area contributed by atoms with E-state index in [4.69, 9.17) is 0 Å². The predicted octanol–water partition coefficient (Wildman–Crippen LogP) is 3.28. The van der Waals surface area contributed by atoms with Gasteiger partial charge in [0.2, 0.25) is 21.8 Å². The number of carbonyl (C=O) groups excluding carboxylic acids is 2. The molecule has 0 spiro atoms. The van der Waals surface area contributed by atoms with Crippen molar-refractivity contribution in [2.75, 3.05) is 6.54 Å². The summed E-state index contributed by atoms with van der Waals surface area (Å²) < 4.78 is 27.6. The molecule has 1 aromatic carbocycles. The molecule has 7 nitrogen and oxygen atoms in total. The molecule has 1 atom stereocenters. The number of hydrogen-bond donors (Lipinski definition) is 2. The summed E-state index contributed by atoms with van der Waals surface area (Å²) in [4.78, 5) is 28.9. The quantitative estimate of drug-likeness (QED) is 0.519. The molecular weight excluding hydrogens is 446 g/mol. The van der Waals surface area contributed by atoms with Gasteiger partial charge in [-0.15, -0.1) is 11.3 Å². The van der Waals surface area contributed by atoms with Crippen molar-refractivity contribution in [3.63, 3.8) is 0 Å². The first kappa shape index (κ1) is 24.4. The van der Waals surface area contributed by atoms with Crippen LogP contribution in [0.1, 0.15) is 50.3 Å². The van der Waals surface area contributed by atoms with Gasteiger partial charge in [0.05, 0.1) is 18.0 Å². The molecule has 1 aromatic heterocycles. The van der Waals surface area contributed by atoms with E-state index >= 15 is 0 Å². The number of amides is 2. The van der Waals surface area contributed by atoms with Crippen LogP contribution in [0.4, 0.5) is 0 Å². The molecule has 0 saturated heterocycles. The molecular formula is C23H31N3O4S2. The van der Waals surface area contributed by atoms with Gasteiger partial charge < -0.3 is 10.2 Å². The molecule has 174 valence electrons. The molecule has 2 N–H and O–H groups in total. The monoisotopic (exact) mass is 477 g/mol. The van der Waals surface area contributed by atoms with Crippen LogP contribution in [-0.4, -0.2) is 43.8 Å². The highest BCUT2D eigenvalue weighted by Gasteiger charge is 2.32. The summed E-state index contributed by atoms with van der Waals surface area (Å²) >= 11 is 1.51. The Labute approximate surface area is 194 Å². The van der Waals surface area contributed by atoms with E-state index in [1.165, 1.54) is 28.4 Å². The molecule has 2 amide bonds. The zero-order chi connectivity index (χ0) is 23.0. The molecule has 0 unspecified atom stereocenters. The topological polar surface area (TPSA) is 95.6 Å². The minimum absolute atomic E-state index is 0.0988. The summed E-state index contributed by atoms with van der Waals surface area (Å²) in [5.41, 5.74) is 0. The van der Waals surface area contributed by atoms with E-state index in [0.29, 0.717) is 6.42 Å².